The van der Waals surface area contributed by atoms with Crippen molar-refractivity contribution in [2.45, 2.75) is 32.4 Å². The fourth-order valence-electron chi connectivity index (χ4n) is 3.09. The minimum atomic E-state index is -0.0718. The van der Waals surface area contributed by atoms with Gasteiger partial charge in [0.2, 0.25) is 0 Å². The fraction of sp³-hybridized carbons (Fsp3) is 0.400. The van der Waals surface area contributed by atoms with Crippen LogP contribution in [0, 0.1) is 6.92 Å². The molecule has 0 aliphatic carbocycles. The maximum absolute atomic E-state index is 11.9. The van der Waals surface area contributed by atoms with E-state index in [0.717, 1.165) is 36.7 Å². The van der Waals surface area contributed by atoms with Gasteiger partial charge in [0.15, 0.2) is 11.5 Å². The average Bonchev–Trinajstić information content (AvgIpc) is 3.17. The van der Waals surface area contributed by atoms with Crippen LogP contribution >= 0.6 is 0 Å². The molecule has 0 spiro atoms. The number of aryl methyl sites for hydroxylation is 1. The molecule has 1 aliphatic rings. The molecule has 0 radical (unpaired) electrons. The Morgan fingerprint density at radius 3 is 3.04 bits per heavy atom. The van der Waals surface area contributed by atoms with Crippen LogP contribution in [0.5, 0.6) is 0 Å². The molecule has 0 amide bonds. The number of rotatable bonds is 3. The largest absolute Gasteiger partial charge is 0.350 e. The standard InChI is InChI=1S/C15H17N7O/c1-11-17-18-13-6-7-14(19-22(11)13)20-9-3-4-12(20)10-21-15(23)5-2-8-16-21/h2,5-8,12H,3-4,9-10H2,1H3. The van der Waals surface area contributed by atoms with Crippen molar-refractivity contribution in [2.75, 3.05) is 11.4 Å². The zero-order chi connectivity index (χ0) is 15.8. The van der Waals surface area contributed by atoms with E-state index in [1.165, 1.54) is 10.7 Å². The van der Waals surface area contributed by atoms with Crippen LogP contribution in [0.25, 0.3) is 5.65 Å². The van der Waals surface area contributed by atoms with Gasteiger partial charge < -0.3 is 4.90 Å². The van der Waals surface area contributed by atoms with Crippen molar-refractivity contribution in [2.24, 2.45) is 0 Å². The van der Waals surface area contributed by atoms with Crippen molar-refractivity contribution in [3.63, 3.8) is 0 Å². The molecule has 3 aromatic rings. The van der Waals surface area contributed by atoms with E-state index in [0.29, 0.717) is 6.54 Å². The van der Waals surface area contributed by atoms with Gasteiger partial charge in [0, 0.05) is 18.8 Å². The smallest absolute Gasteiger partial charge is 0.266 e. The monoisotopic (exact) mass is 311 g/mol. The van der Waals surface area contributed by atoms with Gasteiger partial charge in [-0.3, -0.25) is 4.79 Å². The van der Waals surface area contributed by atoms with Crippen molar-refractivity contribution >= 4 is 11.5 Å². The third kappa shape index (κ3) is 2.45. The lowest BCUT2D eigenvalue weighted by Crippen LogP contribution is -2.37. The second-order valence-corrected chi connectivity index (χ2v) is 5.74. The molecule has 1 aliphatic heterocycles. The van der Waals surface area contributed by atoms with Crippen molar-refractivity contribution in [1.29, 1.82) is 0 Å². The minimum Gasteiger partial charge on any atom is -0.350 e. The number of hydrogen-bond donors (Lipinski definition) is 0. The molecule has 1 unspecified atom stereocenters. The van der Waals surface area contributed by atoms with Crippen LogP contribution in [0.15, 0.2) is 35.3 Å². The first kappa shape index (κ1) is 13.9. The lowest BCUT2D eigenvalue weighted by Gasteiger charge is -2.25. The number of aromatic nitrogens is 6. The van der Waals surface area contributed by atoms with Gasteiger partial charge in [-0.1, -0.05) is 0 Å². The fourth-order valence-corrected chi connectivity index (χ4v) is 3.09. The van der Waals surface area contributed by atoms with Gasteiger partial charge in [-0.05, 0) is 38.0 Å². The number of fused-ring (bicyclic) bond motifs is 1. The summed E-state index contributed by atoms with van der Waals surface area (Å²) < 4.78 is 3.27. The van der Waals surface area contributed by atoms with Crippen molar-refractivity contribution < 1.29 is 0 Å². The molecule has 0 aromatic carbocycles. The summed E-state index contributed by atoms with van der Waals surface area (Å²) in [7, 11) is 0. The number of nitrogens with zero attached hydrogens (tertiary/aromatic N) is 7. The quantitative estimate of drug-likeness (QED) is 0.707. The molecule has 4 rings (SSSR count). The predicted octanol–water partition coefficient (Wildman–Crippen LogP) is 0.658. The Balaban J connectivity index is 1.65. The van der Waals surface area contributed by atoms with Crippen LogP contribution in [0.3, 0.4) is 0 Å². The van der Waals surface area contributed by atoms with Crippen LogP contribution in [-0.2, 0) is 6.54 Å². The highest BCUT2D eigenvalue weighted by Crippen LogP contribution is 2.24. The van der Waals surface area contributed by atoms with Crippen LogP contribution in [0.4, 0.5) is 5.82 Å². The van der Waals surface area contributed by atoms with Crippen molar-refractivity contribution in [1.82, 2.24) is 29.6 Å². The summed E-state index contributed by atoms with van der Waals surface area (Å²) >= 11 is 0. The summed E-state index contributed by atoms with van der Waals surface area (Å²) in [5, 5.41) is 16.9. The van der Waals surface area contributed by atoms with E-state index in [1.807, 2.05) is 19.1 Å². The molecule has 0 bridgehead atoms. The van der Waals surface area contributed by atoms with Crippen molar-refractivity contribution in [3.05, 3.63) is 46.6 Å². The maximum atomic E-state index is 11.9. The Bertz CT molecular complexity index is 900. The van der Waals surface area contributed by atoms with Gasteiger partial charge in [0.1, 0.15) is 5.82 Å². The molecule has 1 saturated heterocycles. The third-order valence-electron chi connectivity index (χ3n) is 4.25. The molecule has 1 atom stereocenters. The molecule has 8 heteroatoms. The maximum Gasteiger partial charge on any atom is 0.266 e. The van der Waals surface area contributed by atoms with E-state index in [2.05, 4.69) is 25.3 Å². The highest BCUT2D eigenvalue weighted by atomic mass is 16.1. The lowest BCUT2D eigenvalue weighted by atomic mass is 10.2. The van der Waals surface area contributed by atoms with Gasteiger partial charge >= 0.3 is 0 Å². The normalized spacial score (nSPS) is 18.0. The van der Waals surface area contributed by atoms with Gasteiger partial charge in [-0.15, -0.1) is 15.3 Å². The second-order valence-electron chi connectivity index (χ2n) is 5.74. The van der Waals surface area contributed by atoms with Crippen LogP contribution < -0.4 is 10.5 Å². The highest BCUT2D eigenvalue weighted by molar-refractivity contribution is 5.47. The van der Waals surface area contributed by atoms with Crippen LogP contribution in [-0.4, -0.2) is 42.2 Å². The SMILES string of the molecule is Cc1nnc2ccc(N3CCCC3Cn3ncccc3=O)nn12. The Hall–Kier alpha value is -2.77. The highest BCUT2D eigenvalue weighted by Gasteiger charge is 2.27. The van der Waals surface area contributed by atoms with Gasteiger partial charge in [0.05, 0.1) is 12.6 Å². The Morgan fingerprint density at radius 2 is 2.17 bits per heavy atom. The summed E-state index contributed by atoms with van der Waals surface area (Å²) in [6.07, 6.45) is 3.74. The van der Waals surface area contributed by atoms with E-state index in [-0.39, 0.29) is 11.6 Å². The first-order chi connectivity index (χ1) is 11.2. The van der Waals surface area contributed by atoms with E-state index in [4.69, 9.17) is 0 Å². The Labute approximate surface area is 132 Å². The first-order valence-electron chi connectivity index (χ1n) is 7.70. The Morgan fingerprint density at radius 1 is 1.26 bits per heavy atom. The molecule has 4 heterocycles. The summed E-state index contributed by atoms with van der Waals surface area (Å²) in [5.41, 5.74) is 0.667. The lowest BCUT2D eigenvalue weighted by molar-refractivity contribution is 0.486. The molecular weight excluding hydrogens is 294 g/mol. The van der Waals surface area contributed by atoms with Gasteiger partial charge in [-0.2, -0.15) is 9.61 Å². The molecule has 23 heavy (non-hydrogen) atoms. The van der Waals surface area contributed by atoms with Crippen molar-refractivity contribution in [3.8, 4) is 0 Å². The molecular formula is C15H17N7O. The zero-order valence-electron chi connectivity index (χ0n) is 12.8. The first-order valence-corrected chi connectivity index (χ1v) is 7.70. The van der Waals surface area contributed by atoms with Crippen LogP contribution in [0.2, 0.25) is 0 Å². The summed E-state index contributed by atoms with van der Waals surface area (Å²) in [4.78, 5) is 14.1. The zero-order valence-corrected chi connectivity index (χ0v) is 12.8. The number of hydrogen-bond acceptors (Lipinski definition) is 6. The summed E-state index contributed by atoms with van der Waals surface area (Å²) in [6, 6.07) is 7.30. The molecule has 0 saturated carbocycles. The van der Waals surface area contributed by atoms with E-state index >= 15 is 0 Å². The molecule has 118 valence electrons. The minimum absolute atomic E-state index is 0.0718. The van der Waals surface area contributed by atoms with E-state index < -0.39 is 0 Å². The van der Waals surface area contributed by atoms with Crippen LogP contribution in [0.1, 0.15) is 18.7 Å². The Kier molecular flexibility index (Phi) is 3.29. The van der Waals surface area contributed by atoms with E-state index in [9.17, 15) is 4.79 Å². The topological polar surface area (TPSA) is 81.2 Å². The average molecular weight is 311 g/mol. The molecule has 8 nitrogen and oxygen atoms in total. The third-order valence-corrected chi connectivity index (χ3v) is 4.25. The summed E-state index contributed by atoms with van der Waals surface area (Å²) in [6.45, 7) is 3.37. The van der Waals surface area contributed by atoms with E-state index in [1.54, 1.807) is 16.8 Å². The van der Waals surface area contributed by atoms with Gasteiger partial charge in [-0.25, -0.2) is 4.68 Å². The predicted molar refractivity (Wildman–Crippen MR) is 84.4 cm³/mol. The molecule has 1 fully saturated rings. The molecule has 0 N–H and O–H groups in total. The summed E-state index contributed by atoms with van der Waals surface area (Å²) in [5.74, 6) is 1.64. The van der Waals surface area contributed by atoms with Gasteiger partial charge in [0.25, 0.3) is 5.56 Å². The second kappa shape index (κ2) is 5.45. The number of anilines is 1. The molecule has 3 aromatic heterocycles.